The summed E-state index contributed by atoms with van der Waals surface area (Å²) in [5.41, 5.74) is 9.49. The first-order chi connectivity index (χ1) is 16.1. The van der Waals surface area contributed by atoms with Crippen molar-refractivity contribution in [1.29, 1.82) is 0 Å². The molecule has 0 bridgehead atoms. The van der Waals surface area contributed by atoms with Crippen LogP contribution in [0.3, 0.4) is 0 Å². The Morgan fingerprint density at radius 2 is 1.70 bits per heavy atom. The average molecular weight is 444 g/mol. The number of para-hydroxylation sites is 1. The van der Waals surface area contributed by atoms with Crippen molar-refractivity contribution in [3.63, 3.8) is 0 Å². The van der Waals surface area contributed by atoms with Crippen molar-refractivity contribution in [1.82, 2.24) is 14.9 Å². The third-order valence-corrected chi connectivity index (χ3v) is 6.04. The highest BCUT2D eigenvalue weighted by atomic mass is 16.5. The van der Waals surface area contributed by atoms with Crippen LogP contribution in [0.5, 0.6) is 11.5 Å². The van der Waals surface area contributed by atoms with E-state index in [-0.39, 0.29) is 0 Å². The van der Waals surface area contributed by atoms with Gasteiger partial charge in [-0.15, -0.1) is 0 Å². The fraction of sp³-hybridized carbons (Fsp3) is 0.200. The first kappa shape index (κ1) is 20.8. The minimum atomic E-state index is -0.423. The molecule has 0 spiro atoms. The van der Waals surface area contributed by atoms with Gasteiger partial charge in [0, 0.05) is 46.4 Å². The van der Waals surface area contributed by atoms with Gasteiger partial charge < -0.3 is 24.8 Å². The number of hydrogen-bond donors (Lipinski definition) is 3. The summed E-state index contributed by atoms with van der Waals surface area (Å²) in [5.74, 6) is 0.315. The monoisotopic (exact) mass is 444 g/mol. The summed E-state index contributed by atoms with van der Waals surface area (Å²) < 4.78 is 13.2. The van der Waals surface area contributed by atoms with Crippen molar-refractivity contribution in [2.75, 3.05) is 20.8 Å². The van der Waals surface area contributed by atoms with Crippen LogP contribution < -0.4 is 20.5 Å². The minimum absolute atomic E-state index is 0.341. The van der Waals surface area contributed by atoms with Crippen molar-refractivity contribution < 1.29 is 19.1 Å². The minimum Gasteiger partial charge on any atom is -0.493 e. The highest BCUT2D eigenvalue weighted by molar-refractivity contribution is 6.50. The smallest absolute Gasteiger partial charge is 0.259 e. The lowest BCUT2D eigenvalue weighted by atomic mass is 9.95. The van der Waals surface area contributed by atoms with Crippen LogP contribution in [0.4, 0.5) is 0 Å². The van der Waals surface area contributed by atoms with Crippen LogP contribution in [0.1, 0.15) is 17.5 Å². The number of aromatic amines is 1. The molecule has 2 amide bonds. The second-order valence-corrected chi connectivity index (χ2v) is 7.86. The van der Waals surface area contributed by atoms with Gasteiger partial charge in [-0.05, 0) is 31.2 Å². The molecule has 0 unspecified atom stereocenters. The molecule has 4 aromatic rings. The number of rotatable bonds is 7. The van der Waals surface area contributed by atoms with Crippen LogP contribution in [0, 0.1) is 0 Å². The van der Waals surface area contributed by atoms with Crippen molar-refractivity contribution in [2.45, 2.75) is 13.0 Å². The normalized spacial score (nSPS) is 13.9. The Morgan fingerprint density at radius 3 is 2.42 bits per heavy atom. The van der Waals surface area contributed by atoms with Gasteiger partial charge >= 0.3 is 0 Å². The number of benzene rings is 2. The van der Waals surface area contributed by atoms with E-state index in [9.17, 15) is 9.59 Å². The molecule has 1 aliphatic heterocycles. The Labute approximate surface area is 190 Å². The number of nitrogens with one attached hydrogen (secondary N) is 2. The zero-order chi connectivity index (χ0) is 23.1. The molecule has 0 fully saturated rings. The van der Waals surface area contributed by atoms with Gasteiger partial charge in [0.05, 0.1) is 30.9 Å². The summed E-state index contributed by atoms with van der Waals surface area (Å²) in [5, 5.41) is 4.15. The van der Waals surface area contributed by atoms with E-state index in [2.05, 4.69) is 10.3 Å². The number of fused-ring (bicyclic) bond motifs is 2. The number of nitrogens with zero attached hydrogens (tertiary/aromatic N) is 1. The summed E-state index contributed by atoms with van der Waals surface area (Å²) in [7, 11) is 3.16. The standard InChI is InChI=1S/C25H24N4O4/c1-32-19-9-8-15-17(13-29(11-5-10-26)22(15)23(19)33-2)21-20(24(30)28-25(21)31)16-12-27-18-7-4-3-6-14(16)18/h3-4,6-9,12-13,27H,5,10-11,26H2,1-2H3,(H,28,30,31). The van der Waals surface area contributed by atoms with Crippen LogP contribution in [0.15, 0.2) is 48.8 Å². The van der Waals surface area contributed by atoms with Gasteiger partial charge in [-0.2, -0.15) is 0 Å². The van der Waals surface area contributed by atoms with Crippen molar-refractivity contribution in [3.05, 3.63) is 59.9 Å². The second kappa shape index (κ2) is 8.14. The van der Waals surface area contributed by atoms with E-state index in [1.54, 1.807) is 26.5 Å². The Balaban J connectivity index is 1.83. The van der Waals surface area contributed by atoms with Gasteiger partial charge in [0.1, 0.15) is 0 Å². The molecule has 2 aromatic heterocycles. The maximum absolute atomic E-state index is 13.1. The largest absolute Gasteiger partial charge is 0.493 e. The van der Waals surface area contributed by atoms with E-state index in [4.69, 9.17) is 15.2 Å². The van der Waals surface area contributed by atoms with E-state index in [0.29, 0.717) is 46.9 Å². The number of methoxy groups -OCH3 is 2. The van der Waals surface area contributed by atoms with Crippen LogP contribution in [-0.4, -0.2) is 42.1 Å². The molecule has 0 atom stereocenters. The predicted octanol–water partition coefficient (Wildman–Crippen LogP) is 3.06. The van der Waals surface area contributed by atoms with Crippen LogP contribution in [-0.2, 0) is 16.1 Å². The first-order valence-corrected chi connectivity index (χ1v) is 10.7. The molecule has 8 heteroatoms. The van der Waals surface area contributed by atoms with E-state index < -0.39 is 11.8 Å². The third-order valence-electron chi connectivity index (χ3n) is 6.04. The number of aryl methyl sites for hydroxylation is 1. The van der Waals surface area contributed by atoms with Gasteiger partial charge in [0.2, 0.25) is 0 Å². The number of amides is 2. The quantitative estimate of drug-likeness (QED) is 0.380. The summed E-state index contributed by atoms with van der Waals surface area (Å²) in [6, 6.07) is 11.4. The molecule has 168 valence electrons. The zero-order valence-electron chi connectivity index (χ0n) is 18.4. The molecule has 0 saturated carbocycles. The number of carbonyl (C=O) groups is 2. The highest BCUT2D eigenvalue weighted by Gasteiger charge is 2.35. The third kappa shape index (κ3) is 3.18. The lowest BCUT2D eigenvalue weighted by molar-refractivity contribution is -0.122. The molecule has 3 heterocycles. The Morgan fingerprint density at radius 1 is 0.939 bits per heavy atom. The molecule has 0 saturated heterocycles. The van der Waals surface area contributed by atoms with Gasteiger partial charge in [0.15, 0.2) is 11.5 Å². The Hall–Kier alpha value is -4.04. The maximum Gasteiger partial charge on any atom is 0.259 e. The Bertz CT molecular complexity index is 1440. The molecule has 0 aliphatic carbocycles. The number of nitrogens with two attached hydrogens (primary N) is 1. The van der Waals surface area contributed by atoms with Crippen LogP contribution in [0.2, 0.25) is 0 Å². The lowest BCUT2D eigenvalue weighted by Gasteiger charge is -2.12. The number of ether oxygens (including phenoxy) is 2. The van der Waals surface area contributed by atoms with Crippen molar-refractivity contribution >= 4 is 44.8 Å². The molecule has 8 nitrogen and oxygen atoms in total. The van der Waals surface area contributed by atoms with E-state index in [1.165, 1.54) is 0 Å². The maximum atomic E-state index is 13.1. The molecule has 5 rings (SSSR count). The van der Waals surface area contributed by atoms with Gasteiger partial charge in [-0.3, -0.25) is 14.9 Å². The van der Waals surface area contributed by atoms with Crippen molar-refractivity contribution in [3.8, 4) is 11.5 Å². The topological polar surface area (TPSA) is 111 Å². The van der Waals surface area contributed by atoms with Crippen molar-refractivity contribution in [2.24, 2.45) is 5.73 Å². The molecular weight excluding hydrogens is 420 g/mol. The second-order valence-electron chi connectivity index (χ2n) is 7.86. The lowest BCUT2D eigenvalue weighted by Crippen LogP contribution is -2.22. The van der Waals surface area contributed by atoms with Gasteiger partial charge in [-0.25, -0.2) is 0 Å². The Kier molecular flexibility index (Phi) is 5.14. The number of carbonyl (C=O) groups excluding carboxylic acids is 2. The van der Waals surface area contributed by atoms with E-state index in [0.717, 1.165) is 28.2 Å². The predicted molar refractivity (Wildman–Crippen MR) is 127 cm³/mol. The summed E-state index contributed by atoms with van der Waals surface area (Å²) >= 11 is 0. The summed E-state index contributed by atoms with van der Waals surface area (Å²) in [6.07, 6.45) is 4.41. The van der Waals surface area contributed by atoms with Crippen LogP contribution >= 0.6 is 0 Å². The first-order valence-electron chi connectivity index (χ1n) is 10.7. The zero-order valence-corrected chi connectivity index (χ0v) is 18.4. The molecule has 4 N–H and O–H groups in total. The molecular formula is C25H24N4O4. The molecule has 0 radical (unpaired) electrons. The highest BCUT2D eigenvalue weighted by Crippen LogP contribution is 2.43. The van der Waals surface area contributed by atoms with Gasteiger partial charge in [0.25, 0.3) is 11.8 Å². The van der Waals surface area contributed by atoms with Gasteiger partial charge in [-0.1, -0.05) is 18.2 Å². The fourth-order valence-corrected chi connectivity index (χ4v) is 4.59. The number of aromatic nitrogens is 2. The van der Waals surface area contributed by atoms with Crippen LogP contribution in [0.25, 0.3) is 33.0 Å². The number of H-pyrrole nitrogens is 1. The van der Waals surface area contributed by atoms with E-state index in [1.807, 2.05) is 41.1 Å². The average Bonchev–Trinajstić information content (AvgIpc) is 3.49. The fourth-order valence-electron chi connectivity index (χ4n) is 4.59. The molecule has 33 heavy (non-hydrogen) atoms. The molecule has 1 aliphatic rings. The molecule has 2 aromatic carbocycles. The number of hydrogen-bond acceptors (Lipinski definition) is 5. The number of imide groups is 1. The summed E-state index contributed by atoms with van der Waals surface area (Å²) in [4.78, 5) is 29.3. The summed E-state index contributed by atoms with van der Waals surface area (Å²) in [6.45, 7) is 1.14. The van der Waals surface area contributed by atoms with E-state index >= 15 is 0 Å². The SMILES string of the molecule is COc1ccc2c(C3=C(c4c[nH]c5ccccc45)C(=O)NC3=O)cn(CCCN)c2c1OC.